The van der Waals surface area contributed by atoms with Crippen LogP contribution < -0.4 is 5.73 Å². The predicted molar refractivity (Wildman–Crippen MR) is 71.8 cm³/mol. The van der Waals surface area contributed by atoms with Crippen molar-refractivity contribution in [3.63, 3.8) is 0 Å². The van der Waals surface area contributed by atoms with Crippen molar-refractivity contribution in [3.05, 3.63) is 29.8 Å². The predicted octanol–water partition coefficient (Wildman–Crippen LogP) is 1.50. The Kier molecular flexibility index (Phi) is 4.04. The third-order valence-corrected chi connectivity index (χ3v) is 5.33. The lowest BCUT2D eigenvalue weighted by molar-refractivity contribution is 0.399. The Labute approximate surface area is 109 Å². The summed E-state index contributed by atoms with van der Waals surface area (Å²) in [4.78, 5) is 0.425. The van der Waals surface area contributed by atoms with E-state index in [2.05, 4.69) is 0 Å². The van der Waals surface area contributed by atoms with Gasteiger partial charge < -0.3 is 5.73 Å². The van der Waals surface area contributed by atoms with Gasteiger partial charge in [0.25, 0.3) is 0 Å². The molecule has 0 radical (unpaired) electrons. The summed E-state index contributed by atoms with van der Waals surface area (Å²) >= 11 is 0. The van der Waals surface area contributed by atoms with Crippen LogP contribution in [0.15, 0.2) is 29.2 Å². The molecule has 0 spiro atoms. The quantitative estimate of drug-likeness (QED) is 0.850. The van der Waals surface area contributed by atoms with Crippen LogP contribution in [0, 0.1) is 6.92 Å². The second kappa shape index (κ2) is 5.38. The molecule has 2 rings (SSSR count). The summed E-state index contributed by atoms with van der Waals surface area (Å²) in [6.07, 6.45) is 2.65. The molecule has 0 aromatic heterocycles. The molecule has 1 saturated carbocycles. The van der Waals surface area contributed by atoms with Crippen molar-refractivity contribution in [1.82, 2.24) is 4.31 Å². The minimum Gasteiger partial charge on any atom is -0.330 e. The van der Waals surface area contributed by atoms with E-state index in [0.717, 1.165) is 18.4 Å². The normalized spacial score (nSPS) is 16.2. The maximum Gasteiger partial charge on any atom is 0.243 e. The van der Waals surface area contributed by atoms with Crippen molar-refractivity contribution >= 4 is 10.0 Å². The van der Waals surface area contributed by atoms with Gasteiger partial charge in [-0.05, 0) is 44.4 Å². The Bertz CT molecular complexity index is 509. The van der Waals surface area contributed by atoms with Gasteiger partial charge in [0.15, 0.2) is 0 Å². The summed E-state index contributed by atoms with van der Waals surface area (Å²) in [7, 11) is -3.36. The van der Waals surface area contributed by atoms with Crippen molar-refractivity contribution in [1.29, 1.82) is 0 Å². The lowest BCUT2D eigenvalue weighted by Crippen LogP contribution is -2.35. The molecule has 1 aromatic rings. The van der Waals surface area contributed by atoms with Crippen LogP contribution in [0.2, 0.25) is 0 Å². The molecule has 4 nitrogen and oxygen atoms in total. The van der Waals surface area contributed by atoms with Gasteiger partial charge in [0.05, 0.1) is 4.90 Å². The smallest absolute Gasteiger partial charge is 0.243 e. The molecule has 0 saturated heterocycles. The van der Waals surface area contributed by atoms with Crippen LogP contribution in [0.5, 0.6) is 0 Å². The van der Waals surface area contributed by atoms with Crippen LogP contribution >= 0.6 is 0 Å². The van der Waals surface area contributed by atoms with Crippen molar-refractivity contribution in [2.24, 2.45) is 5.73 Å². The minimum absolute atomic E-state index is 0.182. The Morgan fingerprint density at radius 2 is 2.00 bits per heavy atom. The van der Waals surface area contributed by atoms with Crippen LogP contribution in [0.3, 0.4) is 0 Å². The molecule has 100 valence electrons. The van der Waals surface area contributed by atoms with Gasteiger partial charge >= 0.3 is 0 Å². The summed E-state index contributed by atoms with van der Waals surface area (Å²) in [6, 6.07) is 7.33. The Morgan fingerprint density at radius 1 is 1.33 bits per heavy atom. The number of hydrogen-bond donors (Lipinski definition) is 1. The van der Waals surface area contributed by atoms with E-state index in [1.165, 1.54) is 0 Å². The molecule has 5 heteroatoms. The molecule has 0 unspecified atom stereocenters. The van der Waals surface area contributed by atoms with Gasteiger partial charge in [-0.2, -0.15) is 4.31 Å². The highest BCUT2D eigenvalue weighted by Crippen LogP contribution is 2.32. The van der Waals surface area contributed by atoms with Gasteiger partial charge in [-0.25, -0.2) is 8.42 Å². The maximum absolute atomic E-state index is 12.6. The van der Waals surface area contributed by atoms with E-state index in [9.17, 15) is 8.42 Å². The summed E-state index contributed by atoms with van der Waals surface area (Å²) in [5, 5.41) is 0. The summed E-state index contributed by atoms with van der Waals surface area (Å²) < 4.78 is 26.9. The average Bonchev–Trinajstić information content (AvgIpc) is 3.14. The van der Waals surface area contributed by atoms with E-state index < -0.39 is 10.0 Å². The second-order valence-electron chi connectivity index (χ2n) is 4.75. The van der Waals surface area contributed by atoms with Crippen molar-refractivity contribution < 1.29 is 8.42 Å². The lowest BCUT2D eigenvalue weighted by atomic mass is 10.2. The van der Waals surface area contributed by atoms with Gasteiger partial charge in [-0.1, -0.05) is 18.2 Å². The van der Waals surface area contributed by atoms with Crippen LogP contribution in [-0.4, -0.2) is 31.9 Å². The molecule has 0 bridgehead atoms. The van der Waals surface area contributed by atoms with E-state index in [1.807, 2.05) is 19.1 Å². The molecule has 0 atom stereocenters. The van der Waals surface area contributed by atoms with Crippen LogP contribution in [0.1, 0.15) is 24.8 Å². The largest absolute Gasteiger partial charge is 0.330 e. The van der Waals surface area contributed by atoms with E-state index in [-0.39, 0.29) is 6.04 Å². The Morgan fingerprint density at radius 3 is 2.56 bits per heavy atom. The minimum atomic E-state index is -3.36. The molecule has 1 fully saturated rings. The molecular weight excluding hydrogens is 248 g/mol. The number of nitrogens with zero attached hydrogens (tertiary/aromatic N) is 1. The fourth-order valence-corrected chi connectivity index (χ4v) is 4.03. The monoisotopic (exact) mass is 268 g/mol. The fraction of sp³-hybridized carbons (Fsp3) is 0.538. The number of aryl methyl sites for hydroxylation is 1. The fourth-order valence-electron chi connectivity index (χ4n) is 2.08. The lowest BCUT2D eigenvalue weighted by Gasteiger charge is -2.22. The zero-order valence-electron chi connectivity index (χ0n) is 10.7. The molecule has 18 heavy (non-hydrogen) atoms. The molecule has 0 aliphatic heterocycles. The number of nitrogens with two attached hydrogens (primary N) is 1. The van der Waals surface area contributed by atoms with Crippen LogP contribution in [0.25, 0.3) is 0 Å². The van der Waals surface area contributed by atoms with Gasteiger partial charge in [-0.15, -0.1) is 0 Å². The Hall–Kier alpha value is -0.910. The number of rotatable bonds is 6. The van der Waals surface area contributed by atoms with Crippen LogP contribution in [-0.2, 0) is 10.0 Å². The van der Waals surface area contributed by atoms with E-state index in [0.29, 0.717) is 24.4 Å². The molecule has 1 aromatic carbocycles. The van der Waals surface area contributed by atoms with Crippen molar-refractivity contribution in [2.45, 2.75) is 37.1 Å². The second-order valence-corrected chi connectivity index (χ2v) is 6.61. The third kappa shape index (κ3) is 2.74. The van der Waals surface area contributed by atoms with Gasteiger partial charge in [0.2, 0.25) is 10.0 Å². The summed E-state index contributed by atoms with van der Waals surface area (Å²) in [6.45, 7) is 2.88. The van der Waals surface area contributed by atoms with Gasteiger partial charge in [0.1, 0.15) is 0 Å². The van der Waals surface area contributed by atoms with E-state index in [1.54, 1.807) is 16.4 Å². The number of hydrogen-bond acceptors (Lipinski definition) is 3. The van der Waals surface area contributed by atoms with Crippen molar-refractivity contribution in [3.8, 4) is 0 Å². The summed E-state index contributed by atoms with van der Waals surface area (Å²) in [5.41, 5.74) is 6.29. The zero-order chi connectivity index (χ0) is 13.2. The van der Waals surface area contributed by atoms with E-state index in [4.69, 9.17) is 5.73 Å². The topological polar surface area (TPSA) is 63.4 Å². The summed E-state index contributed by atoms with van der Waals surface area (Å²) in [5.74, 6) is 0. The highest BCUT2D eigenvalue weighted by atomic mass is 32.2. The van der Waals surface area contributed by atoms with Gasteiger partial charge in [-0.3, -0.25) is 0 Å². The first-order valence-electron chi connectivity index (χ1n) is 6.35. The molecule has 1 aliphatic rings. The van der Waals surface area contributed by atoms with E-state index >= 15 is 0 Å². The zero-order valence-corrected chi connectivity index (χ0v) is 11.5. The first kappa shape index (κ1) is 13.5. The maximum atomic E-state index is 12.6. The Balaban J connectivity index is 2.30. The standard InChI is InChI=1S/C13H20N2O2S/c1-11-5-2-3-6-13(11)18(16,17)15(10-4-9-14)12-7-8-12/h2-3,5-6,12H,4,7-10,14H2,1H3. The van der Waals surface area contributed by atoms with Gasteiger partial charge in [0, 0.05) is 12.6 Å². The SMILES string of the molecule is Cc1ccccc1S(=O)(=O)N(CCCN)C1CC1. The number of benzene rings is 1. The molecule has 0 heterocycles. The first-order valence-corrected chi connectivity index (χ1v) is 7.79. The molecular formula is C13H20N2O2S. The van der Waals surface area contributed by atoms with Crippen LogP contribution in [0.4, 0.5) is 0 Å². The average molecular weight is 268 g/mol. The highest BCUT2D eigenvalue weighted by molar-refractivity contribution is 7.89. The molecule has 1 aliphatic carbocycles. The third-order valence-electron chi connectivity index (χ3n) is 3.22. The first-order chi connectivity index (χ1) is 8.57. The highest BCUT2D eigenvalue weighted by Gasteiger charge is 2.37. The number of sulfonamides is 1. The molecule has 0 amide bonds. The molecule has 2 N–H and O–H groups in total. The van der Waals surface area contributed by atoms with Crippen molar-refractivity contribution in [2.75, 3.05) is 13.1 Å².